The molecule has 1 saturated heterocycles. The van der Waals surface area contributed by atoms with Gasteiger partial charge in [-0.3, -0.25) is 4.79 Å². The van der Waals surface area contributed by atoms with E-state index in [-0.39, 0.29) is 5.91 Å². The van der Waals surface area contributed by atoms with E-state index in [9.17, 15) is 4.79 Å². The Hall–Kier alpha value is -1.91. The largest absolute Gasteiger partial charge is 0.347 e. The molecule has 0 radical (unpaired) electrons. The smallest absolute Gasteiger partial charge is 0.243 e. The Morgan fingerprint density at radius 2 is 2.22 bits per heavy atom. The highest BCUT2D eigenvalue weighted by atomic mass is 16.1. The summed E-state index contributed by atoms with van der Waals surface area (Å²) in [6.07, 6.45) is 3.65. The van der Waals surface area contributed by atoms with E-state index in [0.29, 0.717) is 6.54 Å². The Kier molecular flexibility index (Phi) is 3.92. The first-order valence-corrected chi connectivity index (χ1v) is 6.19. The highest BCUT2D eigenvalue weighted by molar-refractivity contribution is 5.86. The zero-order chi connectivity index (χ0) is 13.0. The van der Waals surface area contributed by atoms with Crippen LogP contribution in [0.3, 0.4) is 0 Å². The molecule has 5 heteroatoms. The minimum Gasteiger partial charge on any atom is -0.347 e. The normalized spacial score (nSPS) is 14.6. The van der Waals surface area contributed by atoms with Gasteiger partial charge in [0.25, 0.3) is 0 Å². The predicted octanol–water partition coefficient (Wildman–Crippen LogP) is 1.19. The first-order valence-electron chi connectivity index (χ1n) is 6.19. The quantitative estimate of drug-likeness (QED) is 0.811. The summed E-state index contributed by atoms with van der Waals surface area (Å²) in [4.78, 5) is 22.2. The fourth-order valence-corrected chi connectivity index (χ4v) is 2.02. The van der Waals surface area contributed by atoms with Gasteiger partial charge in [-0.25, -0.2) is 9.97 Å². The number of hydrogen-bond donors (Lipinski definition) is 1. The van der Waals surface area contributed by atoms with Crippen molar-refractivity contribution in [3.8, 4) is 0 Å². The van der Waals surface area contributed by atoms with E-state index in [1.54, 1.807) is 0 Å². The molecule has 5 nitrogen and oxygen atoms in total. The Morgan fingerprint density at radius 1 is 1.50 bits per heavy atom. The van der Waals surface area contributed by atoms with Crippen LogP contribution in [0.5, 0.6) is 0 Å². The van der Waals surface area contributed by atoms with E-state index in [4.69, 9.17) is 0 Å². The van der Waals surface area contributed by atoms with Crippen molar-refractivity contribution < 1.29 is 4.79 Å². The van der Waals surface area contributed by atoms with Gasteiger partial charge in [-0.2, -0.15) is 0 Å². The highest BCUT2D eigenvalue weighted by Crippen LogP contribution is 2.16. The second kappa shape index (κ2) is 5.62. The van der Waals surface area contributed by atoms with Crippen LogP contribution >= 0.6 is 0 Å². The number of carbonyl (C=O) groups is 1. The van der Waals surface area contributed by atoms with E-state index in [2.05, 4.69) is 26.8 Å². The standard InChI is InChI=1S/C13H18N4O/c1-3-12(18)14-9-11-8-10(2)15-13(16-11)17-6-4-5-7-17/h3,8H,1,4-7,9H2,2H3,(H,14,18). The molecule has 2 rings (SSSR count). The lowest BCUT2D eigenvalue weighted by Crippen LogP contribution is -2.24. The summed E-state index contributed by atoms with van der Waals surface area (Å²) in [6, 6.07) is 1.89. The number of anilines is 1. The van der Waals surface area contributed by atoms with Crippen molar-refractivity contribution in [2.45, 2.75) is 26.3 Å². The molecule has 1 N–H and O–H groups in total. The molecule has 1 aliphatic heterocycles. The number of hydrogen-bond acceptors (Lipinski definition) is 4. The van der Waals surface area contributed by atoms with Gasteiger partial charge in [0, 0.05) is 18.8 Å². The molecule has 18 heavy (non-hydrogen) atoms. The number of amides is 1. The van der Waals surface area contributed by atoms with Gasteiger partial charge in [0.05, 0.1) is 12.2 Å². The van der Waals surface area contributed by atoms with Crippen LogP contribution in [-0.2, 0) is 11.3 Å². The second-order valence-corrected chi connectivity index (χ2v) is 4.42. The molecule has 0 aliphatic carbocycles. The van der Waals surface area contributed by atoms with Crippen LogP contribution in [0.4, 0.5) is 5.95 Å². The van der Waals surface area contributed by atoms with Crippen molar-refractivity contribution in [1.29, 1.82) is 0 Å². The molecule has 1 aliphatic rings. The van der Waals surface area contributed by atoms with Gasteiger partial charge in [0.2, 0.25) is 11.9 Å². The lowest BCUT2D eigenvalue weighted by molar-refractivity contribution is -0.116. The molecule has 1 aromatic rings. The van der Waals surface area contributed by atoms with Crippen LogP contribution in [0, 0.1) is 6.92 Å². The lowest BCUT2D eigenvalue weighted by atomic mass is 10.3. The summed E-state index contributed by atoms with van der Waals surface area (Å²) in [5.41, 5.74) is 1.76. The lowest BCUT2D eigenvalue weighted by Gasteiger charge is -2.16. The fraction of sp³-hybridized carbons (Fsp3) is 0.462. The third-order valence-electron chi connectivity index (χ3n) is 2.91. The summed E-state index contributed by atoms with van der Waals surface area (Å²) >= 11 is 0. The monoisotopic (exact) mass is 246 g/mol. The van der Waals surface area contributed by atoms with Crippen molar-refractivity contribution in [2.75, 3.05) is 18.0 Å². The number of rotatable bonds is 4. The number of aromatic nitrogens is 2. The molecule has 0 unspecified atom stereocenters. The predicted molar refractivity (Wildman–Crippen MR) is 70.3 cm³/mol. The molecule has 0 saturated carbocycles. The molecule has 0 spiro atoms. The molecule has 2 heterocycles. The minimum absolute atomic E-state index is 0.186. The van der Waals surface area contributed by atoms with Crippen LogP contribution < -0.4 is 10.2 Å². The van der Waals surface area contributed by atoms with Gasteiger partial charge in [-0.1, -0.05) is 6.58 Å². The molecular formula is C13H18N4O. The van der Waals surface area contributed by atoms with E-state index >= 15 is 0 Å². The summed E-state index contributed by atoms with van der Waals surface area (Å²) < 4.78 is 0. The maximum absolute atomic E-state index is 11.1. The van der Waals surface area contributed by atoms with Gasteiger partial charge >= 0.3 is 0 Å². The molecule has 0 aromatic carbocycles. The minimum atomic E-state index is -0.186. The average Bonchev–Trinajstić information content (AvgIpc) is 2.89. The van der Waals surface area contributed by atoms with Crippen molar-refractivity contribution in [1.82, 2.24) is 15.3 Å². The number of carbonyl (C=O) groups excluding carboxylic acids is 1. The van der Waals surface area contributed by atoms with Crippen LogP contribution in [0.1, 0.15) is 24.2 Å². The Morgan fingerprint density at radius 3 is 2.89 bits per heavy atom. The maximum atomic E-state index is 11.1. The molecule has 0 bridgehead atoms. The zero-order valence-corrected chi connectivity index (χ0v) is 10.6. The third kappa shape index (κ3) is 3.06. The molecular weight excluding hydrogens is 228 g/mol. The van der Waals surface area contributed by atoms with Crippen LogP contribution in [0.15, 0.2) is 18.7 Å². The van der Waals surface area contributed by atoms with Gasteiger partial charge in [-0.05, 0) is 31.9 Å². The average molecular weight is 246 g/mol. The molecule has 0 atom stereocenters. The number of nitrogens with one attached hydrogen (secondary N) is 1. The summed E-state index contributed by atoms with van der Waals surface area (Å²) in [5.74, 6) is 0.587. The first-order chi connectivity index (χ1) is 8.69. The van der Waals surface area contributed by atoms with E-state index in [1.165, 1.54) is 18.9 Å². The Labute approximate surface area is 107 Å². The highest BCUT2D eigenvalue weighted by Gasteiger charge is 2.15. The van der Waals surface area contributed by atoms with Gasteiger partial charge in [0.15, 0.2) is 0 Å². The van der Waals surface area contributed by atoms with E-state index in [0.717, 1.165) is 30.4 Å². The zero-order valence-electron chi connectivity index (χ0n) is 10.6. The van der Waals surface area contributed by atoms with E-state index < -0.39 is 0 Å². The maximum Gasteiger partial charge on any atom is 0.243 e. The van der Waals surface area contributed by atoms with Crippen molar-refractivity contribution in [2.24, 2.45) is 0 Å². The Balaban J connectivity index is 2.10. The number of nitrogens with zero attached hydrogens (tertiary/aromatic N) is 3. The van der Waals surface area contributed by atoms with Gasteiger partial charge in [0.1, 0.15) is 0 Å². The summed E-state index contributed by atoms with van der Waals surface area (Å²) in [7, 11) is 0. The van der Waals surface area contributed by atoms with Crippen LogP contribution in [0.2, 0.25) is 0 Å². The SMILES string of the molecule is C=CC(=O)NCc1cc(C)nc(N2CCCC2)n1. The third-order valence-corrected chi connectivity index (χ3v) is 2.91. The molecule has 1 fully saturated rings. The van der Waals surface area contributed by atoms with Crippen molar-refractivity contribution in [3.63, 3.8) is 0 Å². The molecule has 96 valence electrons. The Bertz CT molecular complexity index is 452. The first kappa shape index (κ1) is 12.5. The second-order valence-electron chi connectivity index (χ2n) is 4.42. The summed E-state index contributed by atoms with van der Waals surface area (Å²) in [6.45, 7) is 7.81. The van der Waals surface area contributed by atoms with Gasteiger partial charge < -0.3 is 10.2 Å². The fourth-order valence-electron chi connectivity index (χ4n) is 2.02. The van der Waals surface area contributed by atoms with Crippen LogP contribution in [-0.4, -0.2) is 29.0 Å². The van der Waals surface area contributed by atoms with Crippen molar-refractivity contribution >= 4 is 11.9 Å². The molecule has 1 aromatic heterocycles. The van der Waals surface area contributed by atoms with E-state index in [1.807, 2.05) is 13.0 Å². The number of aryl methyl sites for hydroxylation is 1. The summed E-state index contributed by atoms with van der Waals surface area (Å²) in [5, 5.41) is 2.73. The topological polar surface area (TPSA) is 58.1 Å². The molecule has 1 amide bonds. The van der Waals surface area contributed by atoms with Gasteiger partial charge in [-0.15, -0.1) is 0 Å². The van der Waals surface area contributed by atoms with Crippen molar-refractivity contribution in [3.05, 3.63) is 30.1 Å². The van der Waals surface area contributed by atoms with Crippen LogP contribution in [0.25, 0.3) is 0 Å².